The summed E-state index contributed by atoms with van der Waals surface area (Å²) in [5.41, 5.74) is 2.00. The second-order valence-corrected chi connectivity index (χ2v) is 4.76. The molecule has 1 heterocycles. The normalized spacial score (nSPS) is 16.3. The molecule has 0 aliphatic carbocycles. The molecule has 0 saturated carbocycles. The van der Waals surface area contributed by atoms with Crippen molar-refractivity contribution in [1.82, 2.24) is 5.32 Å². The Labute approximate surface area is 113 Å². The van der Waals surface area contributed by atoms with Gasteiger partial charge in [0, 0.05) is 44.2 Å². The Balaban J connectivity index is 1.92. The summed E-state index contributed by atoms with van der Waals surface area (Å²) in [5, 5.41) is 6.20. The molecule has 1 aliphatic rings. The van der Waals surface area contributed by atoms with Crippen LogP contribution in [0.25, 0.3) is 0 Å². The van der Waals surface area contributed by atoms with E-state index in [1.54, 1.807) is 12.0 Å². The van der Waals surface area contributed by atoms with E-state index in [2.05, 4.69) is 17.6 Å². The topological polar surface area (TPSA) is 53.6 Å². The van der Waals surface area contributed by atoms with Gasteiger partial charge in [-0.05, 0) is 37.6 Å². The van der Waals surface area contributed by atoms with Crippen molar-refractivity contribution in [2.75, 3.05) is 37.0 Å². The van der Waals surface area contributed by atoms with Gasteiger partial charge in [-0.25, -0.2) is 4.79 Å². The van der Waals surface area contributed by atoms with Crippen molar-refractivity contribution in [3.8, 4) is 0 Å². The van der Waals surface area contributed by atoms with Crippen LogP contribution in [0.3, 0.4) is 0 Å². The fourth-order valence-electron chi connectivity index (χ4n) is 2.11. The molecule has 0 radical (unpaired) electrons. The average molecular weight is 263 g/mol. The lowest BCUT2D eigenvalue weighted by molar-refractivity contribution is 0.191. The number of urea groups is 1. The van der Waals surface area contributed by atoms with Crippen molar-refractivity contribution >= 4 is 17.4 Å². The highest BCUT2D eigenvalue weighted by molar-refractivity contribution is 5.94. The van der Waals surface area contributed by atoms with Gasteiger partial charge in [-0.15, -0.1) is 0 Å². The molecule has 1 aromatic carbocycles. The summed E-state index contributed by atoms with van der Waals surface area (Å²) in [5.74, 6) is 0. The van der Waals surface area contributed by atoms with Crippen LogP contribution in [0.4, 0.5) is 16.2 Å². The number of carbonyl (C=O) groups is 1. The van der Waals surface area contributed by atoms with E-state index in [1.165, 1.54) is 0 Å². The number of anilines is 2. The molecule has 2 amide bonds. The largest absolute Gasteiger partial charge is 0.385 e. The second-order valence-electron chi connectivity index (χ2n) is 4.76. The summed E-state index contributed by atoms with van der Waals surface area (Å²) >= 11 is 0. The van der Waals surface area contributed by atoms with Crippen molar-refractivity contribution in [2.24, 2.45) is 0 Å². The molecule has 1 fully saturated rings. The quantitative estimate of drug-likeness (QED) is 0.826. The van der Waals surface area contributed by atoms with Gasteiger partial charge in [0.15, 0.2) is 0 Å². The molecule has 1 aromatic rings. The minimum Gasteiger partial charge on any atom is -0.385 e. The Bertz CT molecular complexity index is 419. The van der Waals surface area contributed by atoms with E-state index >= 15 is 0 Å². The summed E-state index contributed by atoms with van der Waals surface area (Å²) < 4.78 is 5.06. The van der Waals surface area contributed by atoms with Gasteiger partial charge in [0.25, 0.3) is 0 Å². The van der Waals surface area contributed by atoms with Crippen molar-refractivity contribution in [3.05, 3.63) is 24.3 Å². The molecule has 0 aromatic heterocycles. The van der Waals surface area contributed by atoms with Crippen LogP contribution in [0.15, 0.2) is 24.3 Å². The molecule has 2 N–H and O–H groups in total. The SMILES string of the molecule is COCCC(C)Nc1ccc(N2CCNC2=O)cc1. The number of nitrogens with zero attached hydrogens (tertiary/aromatic N) is 1. The van der Waals surface area contributed by atoms with Crippen molar-refractivity contribution in [3.63, 3.8) is 0 Å². The van der Waals surface area contributed by atoms with E-state index in [4.69, 9.17) is 4.74 Å². The number of methoxy groups -OCH3 is 1. The predicted octanol–water partition coefficient (Wildman–Crippen LogP) is 2.05. The van der Waals surface area contributed by atoms with E-state index < -0.39 is 0 Å². The van der Waals surface area contributed by atoms with Gasteiger partial charge in [-0.2, -0.15) is 0 Å². The zero-order valence-electron chi connectivity index (χ0n) is 11.5. The number of ether oxygens (including phenoxy) is 1. The molecular formula is C14H21N3O2. The van der Waals surface area contributed by atoms with Crippen LogP contribution in [0.5, 0.6) is 0 Å². The molecule has 19 heavy (non-hydrogen) atoms. The summed E-state index contributed by atoms with van der Waals surface area (Å²) in [6.07, 6.45) is 0.965. The van der Waals surface area contributed by atoms with Crippen LogP contribution in [-0.4, -0.2) is 38.9 Å². The molecule has 1 atom stereocenters. The molecule has 0 bridgehead atoms. The van der Waals surface area contributed by atoms with Crippen molar-refractivity contribution in [1.29, 1.82) is 0 Å². The molecule has 5 nitrogen and oxygen atoms in total. The first-order valence-electron chi connectivity index (χ1n) is 6.61. The summed E-state index contributed by atoms with van der Waals surface area (Å²) in [7, 11) is 1.71. The Kier molecular flexibility index (Phi) is 4.63. The first-order chi connectivity index (χ1) is 9.20. The first kappa shape index (κ1) is 13.7. The number of carbonyl (C=O) groups excluding carboxylic acids is 1. The van der Waals surface area contributed by atoms with Crippen LogP contribution < -0.4 is 15.5 Å². The highest BCUT2D eigenvalue weighted by atomic mass is 16.5. The Morgan fingerprint density at radius 1 is 1.42 bits per heavy atom. The highest BCUT2D eigenvalue weighted by Gasteiger charge is 2.20. The van der Waals surface area contributed by atoms with Gasteiger partial charge in [0.2, 0.25) is 0 Å². The van der Waals surface area contributed by atoms with E-state index in [0.717, 1.165) is 30.9 Å². The Morgan fingerprint density at radius 3 is 2.74 bits per heavy atom. The molecule has 104 valence electrons. The minimum atomic E-state index is -0.0193. The van der Waals surface area contributed by atoms with Crippen molar-refractivity contribution < 1.29 is 9.53 Å². The fourth-order valence-corrected chi connectivity index (χ4v) is 2.11. The summed E-state index contributed by atoms with van der Waals surface area (Å²) in [6.45, 7) is 4.32. The molecular weight excluding hydrogens is 242 g/mol. The monoisotopic (exact) mass is 263 g/mol. The van der Waals surface area contributed by atoms with Gasteiger partial charge in [-0.1, -0.05) is 0 Å². The average Bonchev–Trinajstić information content (AvgIpc) is 2.83. The van der Waals surface area contributed by atoms with Gasteiger partial charge in [-0.3, -0.25) is 4.90 Å². The molecule has 0 spiro atoms. The highest BCUT2D eigenvalue weighted by Crippen LogP contribution is 2.20. The third-order valence-electron chi connectivity index (χ3n) is 3.20. The Hall–Kier alpha value is -1.75. The van der Waals surface area contributed by atoms with E-state index in [1.807, 2.05) is 24.3 Å². The maximum absolute atomic E-state index is 11.5. The third kappa shape index (κ3) is 3.61. The fraction of sp³-hybridized carbons (Fsp3) is 0.500. The minimum absolute atomic E-state index is 0.0193. The molecule has 2 rings (SSSR count). The number of hydrogen-bond donors (Lipinski definition) is 2. The summed E-state index contributed by atoms with van der Waals surface area (Å²) in [6, 6.07) is 8.29. The maximum Gasteiger partial charge on any atom is 0.321 e. The van der Waals surface area contributed by atoms with Crippen LogP contribution in [0.2, 0.25) is 0 Å². The standard InChI is InChI=1S/C14H21N3O2/c1-11(7-10-19-2)16-12-3-5-13(6-4-12)17-9-8-15-14(17)18/h3-6,11,16H,7-10H2,1-2H3,(H,15,18). The lowest BCUT2D eigenvalue weighted by Gasteiger charge is -2.17. The van der Waals surface area contributed by atoms with E-state index in [-0.39, 0.29) is 6.03 Å². The lowest BCUT2D eigenvalue weighted by Crippen LogP contribution is -2.27. The lowest BCUT2D eigenvalue weighted by atomic mass is 10.2. The van der Waals surface area contributed by atoms with E-state index in [9.17, 15) is 4.79 Å². The first-order valence-corrected chi connectivity index (χ1v) is 6.61. The van der Waals surface area contributed by atoms with E-state index in [0.29, 0.717) is 12.6 Å². The number of hydrogen-bond acceptors (Lipinski definition) is 3. The molecule has 1 aliphatic heterocycles. The molecule has 1 saturated heterocycles. The van der Waals surface area contributed by atoms with Crippen LogP contribution in [0.1, 0.15) is 13.3 Å². The third-order valence-corrected chi connectivity index (χ3v) is 3.20. The molecule has 5 heteroatoms. The zero-order valence-corrected chi connectivity index (χ0v) is 11.5. The van der Waals surface area contributed by atoms with Crippen LogP contribution in [-0.2, 0) is 4.74 Å². The maximum atomic E-state index is 11.5. The second kappa shape index (κ2) is 6.43. The van der Waals surface area contributed by atoms with Gasteiger partial charge >= 0.3 is 6.03 Å². The van der Waals surface area contributed by atoms with Gasteiger partial charge in [0.1, 0.15) is 0 Å². The zero-order chi connectivity index (χ0) is 13.7. The van der Waals surface area contributed by atoms with Crippen LogP contribution >= 0.6 is 0 Å². The summed E-state index contributed by atoms with van der Waals surface area (Å²) in [4.78, 5) is 13.3. The smallest absolute Gasteiger partial charge is 0.321 e. The number of amides is 2. The van der Waals surface area contributed by atoms with Crippen LogP contribution in [0, 0.1) is 0 Å². The Morgan fingerprint density at radius 2 is 2.16 bits per heavy atom. The van der Waals surface area contributed by atoms with Gasteiger partial charge in [0.05, 0.1) is 0 Å². The number of rotatable bonds is 6. The number of nitrogens with one attached hydrogen (secondary N) is 2. The number of benzene rings is 1. The molecule has 1 unspecified atom stereocenters. The predicted molar refractivity (Wildman–Crippen MR) is 76.8 cm³/mol. The van der Waals surface area contributed by atoms with Crippen molar-refractivity contribution in [2.45, 2.75) is 19.4 Å². The van der Waals surface area contributed by atoms with Gasteiger partial charge < -0.3 is 15.4 Å².